The zero-order valence-corrected chi connectivity index (χ0v) is 12.5. The number of carboxylic acids is 1. The van der Waals surface area contributed by atoms with Crippen LogP contribution < -0.4 is 0 Å². The second-order valence-electron chi connectivity index (χ2n) is 7.00. The van der Waals surface area contributed by atoms with Crippen LogP contribution in [0.4, 0.5) is 0 Å². The van der Waals surface area contributed by atoms with Gasteiger partial charge in [0, 0.05) is 6.54 Å². The predicted octanol–water partition coefficient (Wildman–Crippen LogP) is 3.39. The lowest BCUT2D eigenvalue weighted by Gasteiger charge is -2.31. The molecule has 1 atom stereocenters. The number of hydrogen-bond acceptors (Lipinski definition) is 2. The molecule has 3 nitrogen and oxygen atoms in total. The highest BCUT2D eigenvalue weighted by molar-refractivity contribution is 5.75. The topological polar surface area (TPSA) is 40.5 Å². The Hall–Kier alpha value is -0.570. The Morgan fingerprint density at radius 2 is 1.89 bits per heavy atom. The lowest BCUT2D eigenvalue weighted by Crippen LogP contribution is -2.42. The van der Waals surface area contributed by atoms with Crippen LogP contribution in [0.25, 0.3) is 0 Å². The largest absolute Gasteiger partial charge is 0.481 e. The molecule has 19 heavy (non-hydrogen) atoms. The minimum Gasteiger partial charge on any atom is -0.481 e. The number of aliphatic carboxylic acids is 1. The van der Waals surface area contributed by atoms with Crippen molar-refractivity contribution in [1.29, 1.82) is 0 Å². The van der Waals surface area contributed by atoms with Gasteiger partial charge in [-0.05, 0) is 57.0 Å². The van der Waals surface area contributed by atoms with Crippen molar-refractivity contribution >= 4 is 5.97 Å². The molecule has 1 aliphatic heterocycles. The van der Waals surface area contributed by atoms with Gasteiger partial charge >= 0.3 is 5.97 Å². The maximum Gasteiger partial charge on any atom is 0.310 e. The molecule has 0 radical (unpaired) electrons. The standard InChI is InChI=1S/C16H29NO2/c1-13(2)14-6-5-10-17(11-7-14)12-16(15(18)19)8-3-4-9-16/h13-14H,3-12H2,1-2H3,(H,18,19). The van der Waals surface area contributed by atoms with E-state index in [-0.39, 0.29) is 0 Å². The Morgan fingerprint density at radius 1 is 1.21 bits per heavy atom. The first-order valence-corrected chi connectivity index (χ1v) is 7.99. The van der Waals surface area contributed by atoms with Crippen molar-refractivity contribution in [1.82, 2.24) is 4.90 Å². The van der Waals surface area contributed by atoms with Crippen LogP contribution in [0.3, 0.4) is 0 Å². The van der Waals surface area contributed by atoms with E-state index in [1.165, 1.54) is 19.3 Å². The fourth-order valence-corrected chi connectivity index (χ4v) is 3.93. The van der Waals surface area contributed by atoms with Crippen LogP contribution >= 0.6 is 0 Å². The molecule has 1 heterocycles. The van der Waals surface area contributed by atoms with E-state index in [1.807, 2.05) is 0 Å². The average Bonchev–Trinajstić information content (AvgIpc) is 2.70. The van der Waals surface area contributed by atoms with Crippen LogP contribution in [0.1, 0.15) is 58.8 Å². The van der Waals surface area contributed by atoms with Crippen LogP contribution in [0.15, 0.2) is 0 Å². The van der Waals surface area contributed by atoms with Gasteiger partial charge in [0.25, 0.3) is 0 Å². The van der Waals surface area contributed by atoms with E-state index < -0.39 is 11.4 Å². The number of carboxylic acid groups (broad SMARTS) is 1. The van der Waals surface area contributed by atoms with Crippen LogP contribution in [-0.2, 0) is 4.79 Å². The zero-order valence-electron chi connectivity index (χ0n) is 12.5. The SMILES string of the molecule is CC(C)C1CCCN(CC2(C(=O)O)CCCC2)CC1. The van der Waals surface area contributed by atoms with E-state index in [2.05, 4.69) is 18.7 Å². The molecule has 1 aliphatic carbocycles. The number of rotatable bonds is 4. The number of likely N-dealkylation sites (tertiary alicyclic amines) is 1. The molecule has 2 aliphatic rings. The zero-order chi connectivity index (χ0) is 13.9. The first-order chi connectivity index (χ1) is 9.03. The molecule has 1 unspecified atom stereocenters. The van der Waals surface area contributed by atoms with Gasteiger partial charge in [-0.2, -0.15) is 0 Å². The van der Waals surface area contributed by atoms with Crippen molar-refractivity contribution in [2.45, 2.75) is 58.8 Å². The summed E-state index contributed by atoms with van der Waals surface area (Å²) in [4.78, 5) is 14.1. The first-order valence-electron chi connectivity index (χ1n) is 7.99. The summed E-state index contributed by atoms with van der Waals surface area (Å²) in [6.45, 7) is 7.61. The maximum atomic E-state index is 11.6. The molecular formula is C16H29NO2. The average molecular weight is 267 g/mol. The molecule has 0 bridgehead atoms. The summed E-state index contributed by atoms with van der Waals surface area (Å²) in [5.74, 6) is 1.03. The van der Waals surface area contributed by atoms with Gasteiger partial charge in [0.1, 0.15) is 0 Å². The summed E-state index contributed by atoms with van der Waals surface area (Å²) in [7, 11) is 0. The minimum atomic E-state index is -0.561. The van der Waals surface area contributed by atoms with Crippen LogP contribution in [-0.4, -0.2) is 35.6 Å². The van der Waals surface area contributed by atoms with Gasteiger partial charge in [0.15, 0.2) is 0 Å². The Morgan fingerprint density at radius 3 is 2.47 bits per heavy atom. The van der Waals surface area contributed by atoms with Crippen molar-refractivity contribution < 1.29 is 9.90 Å². The molecule has 2 rings (SSSR count). The minimum absolute atomic E-state index is 0.433. The highest BCUT2D eigenvalue weighted by atomic mass is 16.4. The molecule has 0 aromatic carbocycles. The maximum absolute atomic E-state index is 11.6. The number of nitrogens with zero attached hydrogens (tertiary/aromatic N) is 1. The van der Waals surface area contributed by atoms with Crippen LogP contribution in [0, 0.1) is 17.3 Å². The summed E-state index contributed by atoms with van der Waals surface area (Å²) >= 11 is 0. The second-order valence-corrected chi connectivity index (χ2v) is 7.00. The summed E-state index contributed by atoms with van der Waals surface area (Å²) < 4.78 is 0. The van der Waals surface area contributed by atoms with Crippen molar-refractivity contribution in [2.75, 3.05) is 19.6 Å². The normalized spacial score (nSPS) is 28.5. The van der Waals surface area contributed by atoms with Crippen LogP contribution in [0.2, 0.25) is 0 Å². The van der Waals surface area contributed by atoms with Gasteiger partial charge in [-0.15, -0.1) is 0 Å². The molecule has 110 valence electrons. The Balaban J connectivity index is 1.93. The van der Waals surface area contributed by atoms with E-state index >= 15 is 0 Å². The van der Waals surface area contributed by atoms with Gasteiger partial charge in [-0.3, -0.25) is 4.79 Å². The Labute approximate surface area is 117 Å². The quantitative estimate of drug-likeness (QED) is 0.849. The van der Waals surface area contributed by atoms with Crippen molar-refractivity contribution in [2.24, 2.45) is 17.3 Å². The molecule has 0 amide bonds. The fourth-order valence-electron chi connectivity index (χ4n) is 3.93. The fraction of sp³-hybridized carbons (Fsp3) is 0.938. The van der Waals surface area contributed by atoms with Crippen molar-refractivity contribution in [3.63, 3.8) is 0 Å². The Kier molecular flexibility index (Phi) is 4.88. The molecule has 2 fully saturated rings. The first kappa shape index (κ1) is 14.8. The number of carbonyl (C=O) groups is 1. The summed E-state index contributed by atoms with van der Waals surface area (Å²) in [5.41, 5.74) is -0.433. The van der Waals surface area contributed by atoms with E-state index in [0.717, 1.165) is 57.2 Å². The molecular weight excluding hydrogens is 238 g/mol. The number of hydrogen-bond donors (Lipinski definition) is 1. The predicted molar refractivity (Wildman–Crippen MR) is 77.2 cm³/mol. The van der Waals surface area contributed by atoms with Gasteiger partial charge in [0.2, 0.25) is 0 Å². The van der Waals surface area contributed by atoms with Gasteiger partial charge in [0.05, 0.1) is 5.41 Å². The van der Waals surface area contributed by atoms with Crippen LogP contribution in [0.5, 0.6) is 0 Å². The molecule has 1 N–H and O–H groups in total. The molecule has 0 aromatic heterocycles. The molecule has 1 saturated carbocycles. The highest BCUT2D eigenvalue weighted by Crippen LogP contribution is 2.39. The van der Waals surface area contributed by atoms with Crippen molar-refractivity contribution in [3.05, 3.63) is 0 Å². The van der Waals surface area contributed by atoms with Gasteiger partial charge in [-0.25, -0.2) is 0 Å². The third kappa shape index (κ3) is 3.50. The van der Waals surface area contributed by atoms with Gasteiger partial charge in [-0.1, -0.05) is 26.7 Å². The third-order valence-electron chi connectivity index (χ3n) is 5.35. The van der Waals surface area contributed by atoms with Gasteiger partial charge < -0.3 is 10.0 Å². The van der Waals surface area contributed by atoms with E-state index in [9.17, 15) is 9.90 Å². The Bertz CT molecular complexity index is 308. The third-order valence-corrected chi connectivity index (χ3v) is 5.35. The molecule has 3 heteroatoms. The van der Waals surface area contributed by atoms with E-state index in [0.29, 0.717) is 0 Å². The highest BCUT2D eigenvalue weighted by Gasteiger charge is 2.42. The van der Waals surface area contributed by atoms with E-state index in [4.69, 9.17) is 0 Å². The summed E-state index contributed by atoms with van der Waals surface area (Å²) in [6, 6.07) is 0. The lowest BCUT2D eigenvalue weighted by atomic mass is 9.85. The second kappa shape index (κ2) is 6.25. The monoisotopic (exact) mass is 267 g/mol. The summed E-state index contributed by atoms with van der Waals surface area (Å²) in [5, 5.41) is 9.58. The lowest BCUT2D eigenvalue weighted by molar-refractivity contribution is -0.149. The summed E-state index contributed by atoms with van der Waals surface area (Å²) in [6.07, 6.45) is 7.74. The molecule has 0 spiro atoms. The molecule has 1 saturated heterocycles. The van der Waals surface area contributed by atoms with Crippen molar-refractivity contribution in [3.8, 4) is 0 Å². The molecule has 0 aromatic rings. The van der Waals surface area contributed by atoms with E-state index in [1.54, 1.807) is 0 Å². The smallest absolute Gasteiger partial charge is 0.310 e.